The molecular weight excluding hydrogens is 170 g/mol. The molecule has 0 N–H and O–H groups in total. The Morgan fingerprint density at radius 3 is 2.62 bits per heavy atom. The quantitative estimate of drug-likeness (QED) is 0.626. The Hall–Kier alpha value is -1.39. The van der Waals surface area contributed by atoms with Gasteiger partial charge in [-0.1, -0.05) is 0 Å². The van der Waals surface area contributed by atoms with Crippen LogP contribution in [-0.4, -0.2) is 28.1 Å². The van der Waals surface area contributed by atoms with E-state index in [4.69, 9.17) is 0 Å². The van der Waals surface area contributed by atoms with Gasteiger partial charge in [-0.3, -0.25) is 0 Å². The zero-order valence-corrected chi connectivity index (χ0v) is 8.24. The molecule has 1 rings (SSSR count). The number of nitrogens with zero attached hydrogens (tertiary/aromatic N) is 3. The molecule has 0 aliphatic carbocycles. The number of methoxy groups -OCH3 is 1. The summed E-state index contributed by atoms with van der Waals surface area (Å²) < 4.78 is 4.64. The minimum absolute atomic E-state index is 0.358. The van der Waals surface area contributed by atoms with Crippen LogP contribution in [0.2, 0.25) is 0 Å². The van der Waals surface area contributed by atoms with Crippen LogP contribution in [0.3, 0.4) is 0 Å². The molecule has 0 radical (unpaired) electrons. The Morgan fingerprint density at radius 1 is 1.62 bits per heavy atom. The van der Waals surface area contributed by atoms with Gasteiger partial charge in [0.15, 0.2) is 5.54 Å². The lowest BCUT2D eigenvalue weighted by Crippen LogP contribution is -2.38. The van der Waals surface area contributed by atoms with Gasteiger partial charge in [0.1, 0.15) is 0 Å². The molecule has 1 heterocycles. The van der Waals surface area contributed by atoms with E-state index < -0.39 is 5.54 Å². The Labute approximate surface area is 76.7 Å². The van der Waals surface area contributed by atoms with Gasteiger partial charge in [0.05, 0.1) is 19.0 Å². The lowest BCUT2D eigenvalue weighted by atomic mass is 10.1. The molecular formula is C8H13N3O2. The second kappa shape index (κ2) is 3.16. The molecule has 13 heavy (non-hydrogen) atoms. The van der Waals surface area contributed by atoms with Crippen molar-refractivity contribution in [2.24, 2.45) is 0 Å². The molecule has 1 aromatic rings. The average molecular weight is 183 g/mol. The summed E-state index contributed by atoms with van der Waals surface area (Å²) in [5.41, 5.74) is -0.0693. The van der Waals surface area contributed by atoms with Crippen LogP contribution < -0.4 is 0 Å². The van der Waals surface area contributed by atoms with Crippen molar-refractivity contribution in [3.05, 3.63) is 11.9 Å². The molecule has 72 valence electrons. The van der Waals surface area contributed by atoms with Gasteiger partial charge in [-0.25, -0.2) is 4.79 Å². The standard InChI is InChI=1S/C8H13N3O2/c1-6-5-9-11(10-6)8(2,3)7(12)13-4/h5H,1-4H3. The van der Waals surface area contributed by atoms with Crippen LogP contribution in [-0.2, 0) is 15.1 Å². The number of rotatable bonds is 2. The highest BCUT2D eigenvalue weighted by molar-refractivity contribution is 5.77. The van der Waals surface area contributed by atoms with E-state index in [1.165, 1.54) is 11.9 Å². The van der Waals surface area contributed by atoms with Crippen molar-refractivity contribution in [3.8, 4) is 0 Å². The van der Waals surface area contributed by atoms with Crippen molar-refractivity contribution in [2.45, 2.75) is 26.3 Å². The summed E-state index contributed by atoms with van der Waals surface area (Å²) in [4.78, 5) is 12.7. The van der Waals surface area contributed by atoms with Crippen molar-refractivity contribution < 1.29 is 9.53 Å². The van der Waals surface area contributed by atoms with Crippen molar-refractivity contribution in [1.82, 2.24) is 15.0 Å². The third kappa shape index (κ3) is 1.68. The molecule has 0 unspecified atom stereocenters. The van der Waals surface area contributed by atoms with Crippen LogP contribution in [0.4, 0.5) is 0 Å². The lowest BCUT2D eigenvalue weighted by Gasteiger charge is -2.19. The fraction of sp³-hybridized carbons (Fsp3) is 0.625. The van der Waals surface area contributed by atoms with Crippen LogP contribution >= 0.6 is 0 Å². The van der Waals surface area contributed by atoms with Crippen molar-refractivity contribution in [2.75, 3.05) is 7.11 Å². The third-order valence-corrected chi connectivity index (χ3v) is 1.79. The predicted molar refractivity (Wildman–Crippen MR) is 46.1 cm³/mol. The SMILES string of the molecule is COC(=O)C(C)(C)n1ncc(C)n1. The summed E-state index contributed by atoms with van der Waals surface area (Å²) in [6.07, 6.45) is 1.60. The number of aryl methyl sites for hydroxylation is 1. The first-order valence-corrected chi connectivity index (χ1v) is 3.96. The molecule has 1 aromatic heterocycles. The highest BCUT2D eigenvalue weighted by Gasteiger charge is 2.32. The third-order valence-electron chi connectivity index (χ3n) is 1.79. The maximum Gasteiger partial charge on any atom is 0.335 e. The molecule has 0 saturated heterocycles. The predicted octanol–water partition coefficient (Wildman–Crippen LogP) is 0.495. The number of aromatic nitrogens is 3. The fourth-order valence-electron chi connectivity index (χ4n) is 0.940. The summed E-state index contributed by atoms with van der Waals surface area (Å²) in [6, 6.07) is 0. The second-order valence-electron chi connectivity index (χ2n) is 3.33. The zero-order valence-electron chi connectivity index (χ0n) is 8.24. The van der Waals surface area contributed by atoms with E-state index >= 15 is 0 Å². The number of esters is 1. The summed E-state index contributed by atoms with van der Waals surface area (Å²) in [7, 11) is 1.35. The average Bonchev–Trinajstić information content (AvgIpc) is 2.50. The first-order chi connectivity index (χ1) is 5.98. The number of hydrogen-bond acceptors (Lipinski definition) is 4. The van der Waals surface area contributed by atoms with Gasteiger partial charge in [-0.05, 0) is 20.8 Å². The summed E-state index contributed by atoms with van der Waals surface area (Å²) >= 11 is 0. The Kier molecular flexibility index (Phi) is 2.36. The Bertz CT molecular complexity index is 317. The van der Waals surface area contributed by atoms with Crippen molar-refractivity contribution in [1.29, 1.82) is 0 Å². The highest BCUT2D eigenvalue weighted by Crippen LogP contribution is 2.13. The minimum Gasteiger partial charge on any atom is -0.467 e. The molecule has 0 fully saturated rings. The fourth-order valence-corrected chi connectivity index (χ4v) is 0.940. The summed E-state index contributed by atoms with van der Waals surface area (Å²) in [5, 5.41) is 8.02. The smallest absolute Gasteiger partial charge is 0.335 e. The molecule has 5 heteroatoms. The number of carbonyl (C=O) groups is 1. The zero-order chi connectivity index (χ0) is 10.1. The molecule has 0 amide bonds. The van der Waals surface area contributed by atoms with Gasteiger partial charge in [-0.2, -0.15) is 15.0 Å². The summed E-state index contributed by atoms with van der Waals surface area (Å²) in [5.74, 6) is -0.358. The molecule has 0 spiro atoms. The minimum atomic E-state index is -0.844. The Morgan fingerprint density at radius 2 is 2.23 bits per heavy atom. The first-order valence-electron chi connectivity index (χ1n) is 3.96. The van der Waals surface area contributed by atoms with Gasteiger partial charge in [0, 0.05) is 0 Å². The number of hydrogen-bond donors (Lipinski definition) is 0. The van der Waals surface area contributed by atoms with Gasteiger partial charge >= 0.3 is 5.97 Å². The van der Waals surface area contributed by atoms with Crippen molar-refractivity contribution in [3.63, 3.8) is 0 Å². The molecule has 0 aliphatic rings. The van der Waals surface area contributed by atoms with E-state index in [9.17, 15) is 4.79 Å². The van der Waals surface area contributed by atoms with E-state index in [2.05, 4.69) is 14.9 Å². The van der Waals surface area contributed by atoms with Gasteiger partial charge in [0.25, 0.3) is 0 Å². The second-order valence-corrected chi connectivity index (χ2v) is 3.33. The van der Waals surface area contributed by atoms with E-state index in [0.29, 0.717) is 0 Å². The van der Waals surface area contributed by atoms with E-state index in [0.717, 1.165) is 5.69 Å². The van der Waals surface area contributed by atoms with E-state index in [1.807, 2.05) is 6.92 Å². The maximum atomic E-state index is 11.3. The van der Waals surface area contributed by atoms with E-state index in [1.54, 1.807) is 20.0 Å². The highest BCUT2D eigenvalue weighted by atomic mass is 16.5. The molecule has 0 atom stereocenters. The monoisotopic (exact) mass is 183 g/mol. The number of carbonyl (C=O) groups excluding carboxylic acids is 1. The number of ether oxygens (including phenoxy) is 1. The molecule has 5 nitrogen and oxygen atoms in total. The van der Waals surface area contributed by atoms with Gasteiger partial charge < -0.3 is 4.74 Å². The van der Waals surface area contributed by atoms with Crippen LogP contribution in [0.5, 0.6) is 0 Å². The molecule has 0 aromatic carbocycles. The van der Waals surface area contributed by atoms with Gasteiger partial charge in [0.2, 0.25) is 0 Å². The normalized spacial score (nSPS) is 11.4. The van der Waals surface area contributed by atoms with E-state index in [-0.39, 0.29) is 5.97 Å². The van der Waals surface area contributed by atoms with Crippen LogP contribution in [0.1, 0.15) is 19.5 Å². The van der Waals surface area contributed by atoms with Crippen LogP contribution in [0, 0.1) is 6.92 Å². The molecule has 0 bridgehead atoms. The molecule has 0 aliphatic heterocycles. The lowest BCUT2D eigenvalue weighted by molar-refractivity contribution is -0.150. The largest absolute Gasteiger partial charge is 0.467 e. The van der Waals surface area contributed by atoms with Crippen molar-refractivity contribution >= 4 is 5.97 Å². The van der Waals surface area contributed by atoms with Crippen LogP contribution in [0.15, 0.2) is 6.20 Å². The van der Waals surface area contributed by atoms with Gasteiger partial charge in [-0.15, -0.1) is 0 Å². The van der Waals surface area contributed by atoms with Crippen LogP contribution in [0.25, 0.3) is 0 Å². The Balaban J connectivity index is 2.99. The first kappa shape index (κ1) is 9.70. The maximum absolute atomic E-state index is 11.3. The summed E-state index contributed by atoms with van der Waals surface area (Å²) in [6.45, 7) is 5.23. The topological polar surface area (TPSA) is 57.0 Å². The molecule has 0 saturated carbocycles.